The number of carbonyl (C=O) groups excluding carboxylic acids is 3. The molecule has 9 heteroatoms. The van der Waals surface area contributed by atoms with E-state index in [-0.39, 0.29) is 30.9 Å². The minimum absolute atomic E-state index is 0.00814. The molecule has 3 amide bonds. The van der Waals surface area contributed by atoms with E-state index in [0.717, 1.165) is 6.42 Å². The van der Waals surface area contributed by atoms with Gasteiger partial charge in [0.15, 0.2) is 0 Å². The molecular formula is C30H40ClN3O5. The summed E-state index contributed by atoms with van der Waals surface area (Å²) in [5.41, 5.74) is -1.32. The summed E-state index contributed by atoms with van der Waals surface area (Å²) < 4.78 is 6.76. The number of hydrogen-bond donors (Lipinski definition) is 1. The first-order chi connectivity index (χ1) is 18.7. The van der Waals surface area contributed by atoms with Gasteiger partial charge in [-0.25, -0.2) is 0 Å². The Balaban J connectivity index is 1.78. The van der Waals surface area contributed by atoms with Crippen molar-refractivity contribution in [3.8, 4) is 0 Å². The van der Waals surface area contributed by atoms with Crippen LogP contribution in [0.25, 0.3) is 0 Å². The van der Waals surface area contributed by atoms with Crippen molar-refractivity contribution in [1.29, 1.82) is 0 Å². The summed E-state index contributed by atoms with van der Waals surface area (Å²) in [6.45, 7) is 13.0. The van der Waals surface area contributed by atoms with Crippen LogP contribution in [-0.4, -0.2) is 82.7 Å². The van der Waals surface area contributed by atoms with Crippen LogP contribution in [0.2, 0.25) is 5.02 Å². The lowest BCUT2D eigenvalue weighted by Crippen LogP contribution is -2.56. The van der Waals surface area contributed by atoms with Crippen molar-refractivity contribution in [3.05, 3.63) is 54.6 Å². The summed E-state index contributed by atoms with van der Waals surface area (Å²) in [5, 5.41) is 9.95. The van der Waals surface area contributed by atoms with Crippen molar-refractivity contribution >= 4 is 35.0 Å². The van der Waals surface area contributed by atoms with Crippen molar-refractivity contribution < 1.29 is 24.2 Å². The molecule has 0 saturated carbocycles. The van der Waals surface area contributed by atoms with E-state index in [1.165, 1.54) is 0 Å². The lowest BCUT2D eigenvalue weighted by Gasteiger charge is -2.37. The third kappa shape index (κ3) is 5.03. The second-order valence-corrected chi connectivity index (χ2v) is 11.4. The third-order valence-electron chi connectivity index (χ3n) is 8.45. The molecule has 3 heterocycles. The molecule has 1 N–H and O–H groups in total. The Morgan fingerprint density at radius 2 is 1.85 bits per heavy atom. The zero-order valence-electron chi connectivity index (χ0n) is 23.0. The number of unbranched alkanes of at least 4 members (excludes halogenated alkanes) is 1. The average Bonchev–Trinajstić information content (AvgIpc) is 3.48. The maximum absolute atomic E-state index is 14.5. The monoisotopic (exact) mass is 557 g/mol. The molecule has 212 valence electrons. The molecule has 3 fully saturated rings. The fourth-order valence-electron chi connectivity index (χ4n) is 6.85. The van der Waals surface area contributed by atoms with Gasteiger partial charge in [-0.15, -0.1) is 13.2 Å². The van der Waals surface area contributed by atoms with Crippen LogP contribution < -0.4 is 4.90 Å². The molecule has 5 atom stereocenters. The first kappa shape index (κ1) is 29.3. The maximum atomic E-state index is 14.5. The standard InChI is InChI=1S/C30H40ClN3O5/c1-5-16-32(17-6-2)26(36)23-24-27(37)34(19-8-9-20-35)25(30(24)15-14-29(23,4)39-30)28(38)33(18-7-3)22-12-10-21(31)11-13-22/h5,7,10-13,23-25,35H,1,3,6,8-9,14-20H2,2,4H3/t23-,24-,25?,29+,30?/m0/s1. The zero-order chi connectivity index (χ0) is 28.4. The lowest BCUT2D eigenvalue weighted by molar-refractivity contribution is -0.149. The molecule has 2 unspecified atom stereocenters. The van der Waals surface area contributed by atoms with E-state index in [9.17, 15) is 19.5 Å². The summed E-state index contributed by atoms with van der Waals surface area (Å²) in [5.74, 6) is -2.06. The van der Waals surface area contributed by atoms with Crippen LogP contribution in [0.1, 0.15) is 46.0 Å². The molecule has 4 rings (SSSR count). The Bertz CT molecular complexity index is 1110. The third-order valence-corrected chi connectivity index (χ3v) is 8.71. The normalized spacial score (nSPS) is 28.9. The van der Waals surface area contributed by atoms with Crippen LogP contribution in [-0.2, 0) is 19.1 Å². The molecule has 2 bridgehead atoms. The quantitative estimate of drug-likeness (QED) is 0.294. The maximum Gasteiger partial charge on any atom is 0.253 e. The fraction of sp³-hybridized carbons (Fsp3) is 0.567. The highest BCUT2D eigenvalue weighted by Crippen LogP contribution is 2.63. The number of ether oxygens (including phenoxy) is 1. The van der Waals surface area contributed by atoms with Crippen molar-refractivity contribution in [2.75, 3.05) is 37.7 Å². The van der Waals surface area contributed by atoms with Crippen molar-refractivity contribution in [2.45, 2.75) is 63.2 Å². The molecule has 1 aromatic rings. The van der Waals surface area contributed by atoms with Gasteiger partial charge in [0, 0.05) is 43.5 Å². The second-order valence-electron chi connectivity index (χ2n) is 11.0. The first-order valence-corrected chi connectivity index (χ1v) is 14.3. The molecular weight excluding hydrogens is 518 g/mol. The van der Waals surface area contributed by atoms with E-state index >= 15 is 0 Å². The number of amides is 3. The number of likely N-dealkylation sites (tertiary alicyclic amines) is 1. The van der Waals surface area contributed by atoms with E-state index in [0.29, 0.717) is 56.0 Å². The fourth-order valence-corrected chi connectivity index (χ4v) is 6.98. The predicted octanol–water partition coefficient (Wildman–Crippen LogP) is 3.82. The molecule has 39 heavy (non-hydrogen) atoms. The summed E-state index contributed by atoms with van der Waals surface area (Å²) in [4.78, 5) is 47.7. The van der Waals surface area contributed by atoms with Crippen LogP contribution in [0.5, 0.6) is 0 Å². The van der Waals surface area contributed by atoms with Gasteiger partial charge in [0.05, 0.1) is 17.4 Å². The molecule has 1 aromatic carbocycles. The summed E-state index contributed by atoms with van der Waals surface area (Å²) in [6, 6.07) is 6.07. The van der Waals surface area contributed by atoms with Crippen LogP contribution in [0.4, 0.5) is 5.69 Å². The average molecular weight is 558 g/mol. The Labute approximate surface area is 236 Å². The highest BCUT2D eigenvalue weighted by Gasteiger charge is 2.78. The molecule has 0 aliphatic carbocycles. The SMILES string of the molecule is C=CCN(CCC)C(=O)[C@@H]1[C@H]2C(=O)N(CCCCO)C(C(=O)N(CC=C)c3ccc(Cl)cc3)C23CC[C@@]1(C)O3. The van der Waals surface area contributed by atoms with E-state index in [1.54, 1.807) is 51.1 Å². The Hall–Kier alpha value is -2.68. The highest BCUT2D eigenvalue weighted by atomic mass is 35.5. The van der Waals surface area contributed by atoms with E-state index < -0.39 is 29.1 Å². The van der Waals surface area contributed by atoms with Gasteiger partial charge in [-0.1, -0.05) is 30.7 Å². The Kier molecular flexibility index (Phi) is 8.88. The molecule has 0 aromatic heterocycles. The van der Waals surface area contributed by atoms with Gasteiger partial charge in [0.1, 0.15) is 11.6 Å². The smallest absolute Gasteiger partial charge is 0.253 e. The number of benzene rings is 1. The number of anilines is 1. The number of aliphatic hydroxyl groups excluding tert-OH is 1. The van der Waals surface area contributed by atoms with E-state index in [4.69, 9.17) is 16.3 Å². The molecule has 3 aliphatic heterocycles. The predicted molar refractivity (Wildman–Crippen MR) is 151 cm³/mol. The van der Waals surface area contributed by atoms with Crippen molar-refractivity contribution in [3.63, 3.8) is 0 Å². The van der Waals surface area contributed by atoms with Crippen LogP contribution in [0.3, 0.4) is 0 Å². The molecule has 0 radical (unpaired) electrons. The number of halogens is 1. The van der Waals surface area contributed by atoms with Crippen molar-refractivity contribution in [1.82, 2.24) is 9.80 Å². The van der Waals surface area contributed by atoms with Crippen molar-refractivity contribution in [2.24, 2.45) is 11.8 Å². The number of carbonyl (C=O) groups is 3. The largest absolute Gasteiger partial charge is 0.396 e. The number of rotatable bonds is 13. The van der Waals surface area contributed by atoms with Gasteiger partial charge >= 0.3 is 0 Å². The van der Waals surface area contributed by atoms with Gasteiger partial charge in [-0.2, -0.15) is 0 Å². The van der Waals surface area contributed by atoms with E-state index in [1.807, 2.05) is 13.8 Å². The van der Waals surface area contributed by atoms with Crippen LogP contribution >= 0.6 is 11.6 Å². The first-order valence-electron chi connectivity index (χ1n) is 13.9. The second kappa shape index (κ2) is 11.8. The highest BCUT2D eigenvalue weighted by molar-refractivity contribution is 6.30. The zero-order valence-corrected chi connectivity index (χ0v) is 23.7. The number of nitrogens with zero attached hydrogens (tertiary/aromatic N) is 3. The Morgan fingerprint density at radius 1 is 1.15 bits per heavy atom. The van der Waals surface area contributed by atoms with Gasteiger partial charge < -0.3 is 24.5 Å². The molecule has 1 spiro atoms. The minimum atomic E-state index is -1.11. The topological polar surface area (TPSA) is 90.4 Å². The van der Waals surface area contributed by atoms with Crippen LogP contribution in [0.15, 0.2) is 49.6 Å². The summed E-state index contributed by atoms with van der Waals surface area (Å²) in [6.07, 6.45) is 6.24. The summed E-state index contributed by atoms with van der Waals surface area (Å²) >= 11 is 6.11. The number of fused-ring (bicyclic) bond motifs is 1. The molecule has 3 aliphatic rings. The van der Waals surface area contributed by atoms with Crippen LogP contribution in [0, 0.1) is 11.8 Å². The summed E-state index contributed by atoms with van der Waals surface area (Å²) in [7, 11) is 0. The van der Waals surface area contributed by atoms with Gasteiger partial charge in [-0.05, 0) is 63.3 Å². The lowest BCUT2D eigenvalue weighted by atomic mass is 9.66. The number of hydrogen-bond acceptors (Lipinski definition) is 5. The minimum Gasteiger partial charge on any atom is -0.396 e. The molecule has 8 nitrogen and oxygen atoms in total. The van der Waals surface area contributed by atoms with E-state index in [2.05, 4.69) is 13.2 Å². The number of aliphatic hydroxyl groups is 1. The van der Waals surface area contributed by atoms with Gasteiger partial charge in [0.25, 0.3) is 5.91 Å². The Morgan fingerprint density at radius 3 is 2.46 bits per heavy atom. The van der Waals surface area contributed by atoms with Gasteiger partial charge in [0.2, 0.25) is 11.8 Å². The van der Waals surface area contributed by atoms with Gasteiger partial charge in [-0.3, -0.25) is 14.4 Å². The molecule has 3 saturated heterocycles.